The second kappa shape index (κ2) is 14.7. The summed E-state index contributed by atoms with van der Waals surface area (Å²) in [4.78, 5) is 60.7. The maximum atomic E-state index is 14.5. The summed E-state index contributed by atoms with van der Waals surface area (Å²) in [6.07, 6.45) is 5.91. The Hall–Kier alpha value is -4.54. The minimum atomic E-state index is -1.44. The number of hydrogen-bond donors (Lipinski definition) is 1. The van der Waals surface area contributed by atoms with E-state index in [-0.39, 0.29) is 37.9 Å². The van der Waals surface area contributed by atoms with Crippen LogP contribution in [0.25, 0.3) is 0 Å². The van der Waals surface area contributed by atoms with E-state index in [0.29, 0.717) is 12.0 Å². The number of likely N-dealkylation sites (N-methyl/N-ethyl adjacent to an activating group) is 1. The molecule has 2 aromatic rings. The van der Waals surface area contributed by atoms with Crippen LogP contribution >= 0.6 is 0 Å². The van der Waals surface area contributed by atoms with Gasteiger partial charge in [0.2, 0.25) is 17.7 Å². The largest absolute Gasteiger partial charge is 0.455 e. The molecule has 1 N–H and O–H groups in total. The number of rotatable bonds is 15. The molecule has 254 valence electrons. The molecule has 48 heavy (non-hydrogen) atoms. The molecule has 2 aromatic carbocycles. The van der Waals surface area contributed by atoms with Gasteiger partial charge in [-0.15, -0.1) is 13.2 Å². The summed E-state index contributed by atoms with van der Waals surface area (Å²) in [6, 6.07) is 16.3. The van der Waals surface area contributed by atoms with Crippen LogP contribution in [0.15, 0.2) is 98.1 Å². The van der Waals surface area contributed by atoms with Gasteiger partial charge in [-0.3, -0.25) is 19.2 Å². The van der Waals surface area contributed by atoms with Gasteiger partial charge in [-0.2, -0.15) is 0 Å². The van der Waals surface area contributed by atoms with Gasteiger partial charge in [0.15, 0.2) is 0 Å². The number of fused-ring (bicyclic) bond motifs is 1. The lowest BCUT2D eigenvalue weighted by Gasteiger charge is -2.37. The van der Waals surface area contributed by atoms with Crippen LogP contribution in [-0.4, -0.2) is 93.5 Å². The number of likely N-dealkylation sites (tertiary alicyclic amines) is 1. The van der Waals surface area contributed by atoms with Crippen LogP contribution in [0.2, 0.25) is 0 Å². The highest BCUT2D eigenvalue weighted by Gasteiger charge is 2.74. The van der Waals surface area contributed by atoms with Crippen molar-refractivity contribution < 1.29 is 33.8 Å². The summed E-state index contributed by atoms with van der Waals surface area (Å²) < 4.78 is 12.8. The Morgan fingerprint density at radius 2 is 1.73 bits per heavy atom. The molecule has 0 radical (unpaired) electrons. The van der Waals surface area contributed by atoms with E-state index < -0.39 is 59.6 Å². The molecule has 0 aromatic heterocycles. The van der Waals surface area contributed by atoms with Crippen molar-refractivity contribution in [2.45, 2.75) is 69.2 Å². The lowest BCUT2D eigenvalue weighted by Crippen LogP contribution is -2.57. The number of benzene rings is 2. The van der Waals surface area contributed by atoms with Crippen LogP contribution in [0, 0.1) is 11.8 Å². The fourth-order valence-corrected chi connectivity index (χ4v) is 7.21. The summed E-state index contributed by atoms with van der Waals surface area (Å²) in [7, 11) is 1.67. The molecule has 3 heterocycles. The van der Waals surface area contributed by atoms with Gasteiger partial charge in [-0.25, -0.2) is 0 Å². The summed E-state index contributed by atoms with van der Waals surface area (Å²) in [5.41, 5.74) is 0.154. The van der Waals surface area contributed by atoms with Gasteiger partial charge in [-0.05, 0) is 31.4 Å². The second-order valence-corrected chi connectivity index (χ2v) is 12.8. The number of aliphatic hydroxyl groups is 1. The highest BCUT2D eigenvalue weighted by molar-refractivity contribution is 5.99. The lowest BCUT2D eigenvalue weighted by molar-refractivity contribution is -0.164. The lowest BCUT2D eigenvalue weighted by atomic mass is 9.74. The number of nitrogens with zero attached hydrogens (tertiary/aromatic N) is 3. The fourth-order valence-electron chi connectivity index (χ4n) is 7.21. The number of carbonyl (C=O) groups is 4. The van der Waals surface area contributed by atoms with Crippen LogP contribution in [0.1, 0.15) is 43.9 Å². The molecule has 0 saturated carbocycles. The van der Waals surface area contributed by atoms with Gasteiger partial charge in [-0.1, -0.05) is 85.0 Å². The van der Waals surface area contributed by atoms with Crippen molar-refractivity contribution in [1.29, 1.82) is 0 Å². The third-order valence-electron chi connectivity index (χ3n) is 9.81. The van der Waals surface area contributed by atoms with Gasteiger partial charge in [0.25, 0.3) is 0 Å². The Kier molecular flexibility index (Phi) is 10.7. The van der Waals surface area contributed by atoms with Crippen molar-refractivity contribution in [2.75, 3.05) is 20.2 Å². The van der Waals surface area contributed by atoms with Crippen LogP contribution in [0.5, 0.6) is 0 Å². The predicted molar refractivity (Wildman–Crippen MR) is 180 cm³/mol. The van der Waals surface area contributed by atoms with Crippen LogP contribution in [-0.2, 0) is 35.2 Å². The summed E-state index contributed by atoms with van der Waals surface area (Å²) >= 11 is 0. The van der Waals surface area contributed by atoms with Gasteiger partial charge in [0.1, 0.15) is 23.7 Å². The summed E-state index contributed by atoms with van der Waals surface area (Å²) in [5, 5.41) is 10.2. The molecule has 10 heteroatoms. The Morgan fingerprint density at radius 3 is 2.35 bits per heavy atom. The van der Waals surface area contributed by atoms with Gasteiger partial charge >= 0.3 is 5.97 Å². The zero-order valence-corrected chi connectivity index (χ0v) is 27.8. The van der Waals surface area contributed by atoms with E-state index in [2.05, 4.69) is 13.2 Å². The van der Waals surface area contributed by atoms with Crippen molar-refractivity contribution in [2.24, 2.45) is 11.8 Å². The smallest absolute Gasteiger partial charge is 0.313 e. The van der Waals surface area contributed by atoms with Gasteiger partial charge < -0.3 is 29.3 Å². The number of aliphatic hydroxyl groups excluding tert-OH is 1. The minimum absolute atomic E-state index is 0.120. The molecule has 3 aliphatic heterocycles. The van der Waals surface area contributed by atoms with E-state index in [1.54, 1.807) is 48.1 Å². The third kappa shape index (κ3) is 6.34. The molecule has 2 fully saturated rings. The van der Waals surface area contributed by atoms with E-state index in [9.17, 15) is 24.3 Å². The van der Waals surface area contributed by atoms with Crippen molar-refractivity contribution >= 4 is 23.7 Å². The van der Waals surface area contributed by atoms with Gasteiger partial charge in [0, 0.05) is 26.6 Å². The topological polar surface area (TPSA) is 117 Å². The molecule has 1 spiro atoms. The first-order chi connectivity index (χ1) is 23.1. The normalized spacial score (nSPS) is 25.6. The molecule has 3 amide bonds. The standard InChI is InChI=1S/C38H45N3O7/c1-6-8-19-30(43)39(5)26(4)33(28-17-13-10-14-18-28)47-37(46)31-29-20-21-38(48-29)32(31)35(44)41(25(3)24-42)34(38)36(45)40(22-7-2)23-27-15-11-9-12-16-27/h6-7,9-18,20-21,25-26,29,31-34,42H,1-2,8,19,22-24H2,3-5H3/t25?,26-,29+,31-,32-,33+,34+,38-/m1/s1. The van der Waals surface area contributed by atoms with E-state index in [1.807, 2.05) is 67.6 Å². The maximum absolute atomic E-state index is 14.5. The average Bonchev–Trinajstić information content (AvgIpc) is 3.76. The Morgan fingerprint density at radius 1 is 1.06 bits per heavy atom. The summed E-state index contributed by atoms with van der Waals surface area (Å²) in [6.45, 7) is 11.1. The van der Waals surface area contributed by atoms with E-state index >= 15 is 0 Å². The second-order valence-electron chi connectivity index (χ2n) is 12.8. The average molecular weight is 656 g/mol. The zero-order valence-electron chi connectivity index (χ0n) is 27.8. The Bertz CT molecular complexity index is 1550. The molecule has 1 unspecified atom stereocenters. The quantitative estimate of drug-likeness (QED) is 0.229. The van der Waals surface area contributed by atoms with E-state index in [0.717, 1.165) is 5.56 Å². The first-order valence-electron chi connectivity index (χ1n) is 16.4. The van der Waals surface area contributed by atoms with Crippen LogP contribution in [0.4, 0.5) is 0 Å². The van der Waals surface area contributed by atoms with Crippen molar-refractivity contribution in [3.05, 3.63) is 109 Å². The van der Waals surface area contributed by atoms with Crippen LogP contribution in [0.3, 0.4) is 0 Å². The predicted octanol–water partition coefficient (Wildman–Crippen LogP) is 3.83. The zero-order chi connectivity index (χ0) is 34.6. The SMILES string of the molecule is C=CCCC(=O)N(C)[C@H](C)[C@H](OC(=O)[C@@H]1[C@@H]2C=C[C@]3(O2)[C@H](C(=O)N(CC=C)Cc2ccccc2)N(C(C)CO)C(=O)[C@@H]13)c1ccccc1. The van der Waals surface area contributed by atoms with Crippen molar-refractivity contribution in [3.63, 3.8) is 0 Å². The first kappa shape index (κ1) is 34.8. The molecule has 5 rings (SSSR count). The van der Waals surface area contributed by atoms with Gasteiger partial charge in [0.05, 0.1) is 30.7 Å². The Labute approximate surface area is 282 Å². The number of hydrogen-bond acceptors (Lipinski definition) is 7. The number of ether oxygens (including phenoxy) is 2. The maximum Gasteiger partial charge on any atom is 0.313 e. The molecular weight excluding hydrogens is 610 g/mol. The molecular formula is C38H45N3O7. The van der Waals surface area contributed by atoms with E-state index in [4.69, 9.17) is 9.47 Å². The summed E-state index contributed by atoms with van der Waals surface area (Å²) in [5.74, 6) is -3.70. The molecule has 10 nitrogen and oxygen atoms in total. The van der Waals surface area contributed by atoms with Crippen molar-refractivity contribution in [3.8, 4) is 0 Å². The Balaban J connectivity index is 1.47. The molecule has 2 bridgehead atoms. The van der Waals surface area contributed by atoms with E-state index in [1.165, 1.54) is 4.90 Å². The number of allylic oxidation sites excluding steroid dienone is 1. The molecule has 8 atom stereocenters. The first-order valence-corrected chi connectivity index (χ1v) is 16.4. The van der Waals surface area contributed by atoms with Crippen LogP contribution < -0.4 is 0 Å². The fraction of sp³-hybridized carbons (Fsp3) is 0.421. The minimum Gasteiger partial charge on any atom is -0.455 e. The monoisotopic (exact) mass is 655 g/mol. The van der Waals surface area contributed by atoms with Crippen molar-refractivity contribution in [1.82, 2.24) is 14.7 Å². The number of carbonyl (C=O) groups excluding carboxylic acids is 4. The molecule has 0 aliphatic carbocycles. The third-order valence-corrected chi connectivity index (χ3v) is 9.81. The molecule has 3 aliphatic rings. The number of amides is 3. The highest BCUT2D eigenvalue weighted by atomic mass is 16.6. The highest BCUT2D eigenvalue weighted by Crippen LogP contribution is 2.56. The number of esters is 1. The molecule has 2 saturated heterocycles.